The van der Waals surface area contributed by atoms with Gasteiger partial charge in [0.15, 0.2) is 11.6 Å². The van der Waals surface area contributed by atoms with Gasteiger partial charge in [-0.05, 0) is 54.6 Å². The fraction of sp³-hybridized carbons (Fsp3) is 0.0741. The zero-order valence-corrected chi connectivity index (χ0v) is 19.9. The van der Waals surface area contributed by atoms with Gasteiger partial charge in [0.1, 0.15) is 17.3 Å². The molecule has 0 aliphatic carbocycles. The Morgan fingerprint density at radius 2 is 1.81 bits per heavy atom. The van der Waals surface area contributed by atoms with Crippen molar-refractivity contribution < 1.29 is 9.90 Å². The summed E-state index contributed by atoms with van der Waals surface area (Å²) in [4.78, 5) is 21.5. The lowest BCUT2D eigenvalue weighted by molar-refractivity contribution is 0.102. The molecule has 0 saturated heterocycles. The van der Waals surface area contributed by atoms with E-state index in [-0.39, 0.29) is 34.3 Å². The van der Waals surface area contributed by atoms with Crippen molar-refractivity contribution >= 4 is 33.9 Å². The molecule has 2 heterocycles. The number of anilines is 1. The predicted molar refractivity (Wildman–Crippen MR) is 138 cm³/mol. The van der Waals surface area contributed by atoms with Crippen LogP contribution in [-0.2, 0) is 0 Å². The van der Waals surface area contributed by atoms with Gasteiger partial charge in [0.2, 0.25) is 0 Å². The fourth-order valence-corrected chi connectivity index (χ4v) is 3.77. The highest BCUT2D eigenvalue weighted by molar-refractivity contribution is 6.11. The van der Waals surface area contributed by atoms with Gasteiger partial charge in [0.25, 0.3) is 11.9 Å². The number of aryl methyl sites for hydroxylation is 2. The van der Waals surface area contributed by atoms with Gasteiger partial charge in [-0.3, -0.25) is 4.79 Å². The molecule has 2 N–H and O–H groups in total. The number of nitrogens with zero attached hydrogens (tertiary/aromatic N) is 7. The Labute approximate surface area is 211 Å². The zero-order chi connectivity index (χ0) is 25.9. The molecule has 0 fully saturated rings. The lowest BCUT2D eigenvalue weighted by Gasteiger charge is -2.12. The largest absolute Gasteiger partial charge is 0.505 e. The van der Waals surface area contributed by atoms with E-state index in [2.05, 4.69) is 30.6 Å². The first kappa shape index (κ1) is 23.3. The first-order valence-electron chi connectivity index (χ1n) is 11.3. The van der Waals surface area contributed by atoms with Crippen LogP contribution in [0.15, 0.2) is 83.4 Å². The van der Waals surface area contributed by atoms with Crippen molar-refractivity contribution in [3.05, 3.63) is 95.4 Å². The summed E-state index contributed by atoms with van der Waals surface area (Å²) in [5.41, 5.74) is 2.99. The van der Waals surface area contributed by atoms with Gasteiger partial charge in [0, 0.05) is 23.5 Å². The molecule has 5 aromatic rings. The Kier molecular flexibility index (Phi) is 6.10. The topological polar surface area (TPSA) is 141 Å². The molecule has 0 atom stereocenters. The molecule has 0 radical (unpaired) electrons. The van der Waals surface area contributed by atoms with Gasteiger partial charge in [-0.1, -0.05) is 30.3 Å². The third-order valence-corrected chi connectivity index (χ3v) is 5.86. The van der Waals surface area contributed by atoms with Crippen LogP contribution >= 0.6 is 0 Å². The molecule has 2 aromatic heterocycles. The zero-order valence-electron chi connectivity index (χ0n) is 19.9. The maximum atomic E-state index is 13.2. The quantitative estimate of drug-likeness (QED) is 0.305. The highest BCUT2D eigenvalue weighted by Crippen LogP contribution is 2.40. The van der Waals surface area contributed by atoms with E-state index in [0.29, 0.717) is 16.5 Å². The minimum absolute atomic E-state index is 0.0336. The molecule has 3 aromatic carbocycles. The number of hydrogen-bond donors (Lipinski definition) is 2. The third kappa shape index (κ3) is 4.49. The number of nitriles is 1. The number of carbonyl (C=O) groups excluding carboxylic acids is 1. The van der Waals surface area contributed by atoms with E-state index in [4.69, 9.17) is 0 Å². The second kappa shape index (κ2) is 9.67. The molecule has 0 aliphatic rings. The minimum atomic E-state index is -0.497. The number of rotatable bonds is 5. The number of aromatic hydroxyl groups is 1. The van der Waals surface area contributed by atoms with Crippen molar-refractivity contribution in [1.82, 2.24) is 19.7 Å². The average Bonchev–Trinajstić information content (AvgIpc) is 3.33. The van der Waals surface area contributed by atoms with Crippen LogP contribution in [-0.4, -0.2) is 30.8 Å². The summed E-state index contributed by atoms with van der Waals surface area (Å²) in [5.74, 6) is -0.552. The molecule has 0 unspecified atom stereocenters. The molecule has 5 rings (SSSR count). The van der Waals surface area contributed by atoms with E-state index in [1.165, 1.54) is 23.3 Å². The average molecular weight is 489 g/mol. The number of nitrogens with one attached hydrogen (secondary N) is 1. The number of carbonyl (C=O) groups is 1. The van der Waals surface area contributed by atoms with Crippen LogP contribution in [0.1, 0.15) is 27.0 Å². The number of amides is 1. The summed E-state index contributed by atoms with van der Waals surface area (Å²) in [6.07, 6.45) is 4.40. The molecular weight excluding hydrogens is 468 g/mol. The third-order valence-electron chi connectivity index (χ3n) is 5.86. The summed E-state index contributed by atoms with van der Waals surface area (Å²) < 4.78 is 1.28. The number of benzene rings is 3. The highest BCUT2D eigenvalue weighted by Gasteiger charge is 2.20. The summed E-state index contributed by atoms with van der Waals surface area (Å²) in [6.45, 7) is 3.94. The maximum Gasteiger partial charge on any atom is 0.259 e. The summed E-state index contributed by atoms with van der Waals surface area (Å²) in [6, 6.07) is 18.0. The Morgan fingerprint density at radius 1 is 1.03 bits per heavy atom. The monoisotopic (exact) mass is 488 g/mol. The number of fused-ring (bicyclic) bond motifs is 1. The van der Waals surface area contributed by atoms with Crippen LogP contribution in [0.25, 0.3) is 16.7 Å². The van der Waals surface area contributed by atoms with Crippen molar-refractivity contribution in [3.8, 4) is 17.8 Å². The first-order chi connectivity index (χ1) is 18.0. The molecule has 0 aliphatic heterocycles. The number of aromatic nitrogens is 4. The predicted octanol–water partition coefficient (Wildman–Crippen LogP) is 5.68. The van der Waals surface area contributed by atoms with E-state index >= 15 is 0 Å². The SMILES string of the molecule is Cc1ccc(NC(=O)c2cc3ccccc3c(/N=N/c3c(C#N)cnn3-c3ncccn3)c2O)cc1C. The van der Waals surface area contributed by atoms with Crippen LogP contribution in [0.5, 0.6) is 5.75 Å². The Hall–Kier alpha value is -5.43. The van der Waals surface area contributed by atoms with Crippen LogP contribution in [0, 0.1) is 25.2 Å². The normalized spacial score (nSPS) is 11.1. The molecule has 1 amide bonds. The number of phenols is 1. The molecule has 180 valence electrons. The van der Waals surface area contributed by atoms with E-state index < -0.39 is 5.91 Å². The number of hydrogen-bond acceptors (Lipinski definition) is 8. The smallest absolute Gasteiger partial charge is 0.259 e. The van der Waals surface area contributed by atoms with Crippen LogP contribution in [0.2, 0.25) is 0 Å². The summed E-state index contributed by atoms with van der Waals surface area (Å²) in [7, 11) is 0. The lowest BCUT2D eigenvalue weighted by Crippen LogP contribution is -2.12. The molecule has 0 saturated carbocycles. The maximum absolute atomic E-state index is 13.2. The second-order valence-corrected chi connectivity index (χ2v) is 8.25. The standard InChI is InChI=1S/C27H20N8O2/c1-16-8-9-20(12-17(16)2)32-26(37)22-13-18-6-3-4-7-21(18)23(24(22)36)33-34-25-19(14-28)15-31-35(25)27-29-10-5-11-30-27/h3-13,15,36H,1-2H3,(H,32,37)/b34-33+. The van der Waals surface area contributed by atoms with Crippen LogP contribution < -0.4 is 5.32 Å². The Bertz CT molecular complexity index is 1720. The molecule has 10 nitrogen and oxygen atoms in total. The van der Waals surface area contributed by atoms with Gasteiger partial charge >= 0.3 is 0 Å². The molecule has 0 bridgehead atoms. The Balaban J connectivity index is 1.60. The number of phenolic OH excluding ortho intramolecular Hbond substituents is 1. The first-order valence-corrected chi connectivity index (χ1v) is 11.3. The summed E-state index contributed by atoms with van der Waals surface area (Å²) in [5, 5.41) is 37.4. The highest BCUT2D eigenvalue weighted by atomic mass is 16.3. The van der Waals surface area contributed by atoms with E-state index in [1.54, 1.807) is 30.3 Å². The second-order valence-electron chi connectivity index (χ2n) is 8.25. The van der Waals surface area contributed by atoms with Gasteiger partial charge in [0.05, 0.1) is 11.8 Å². The van der Waals surface area contributed by atoms with Crippen molar-refractivity contribution in [1.29, 1.82) is 5.26 Å². The molecule has 10 heteroatoms. The van der Waals surface area contributed by atoms with Crippen LogP contribution in [0.3, 0.4) is 0 Å². The van der Waals surface area contributed by atoms with E-state index in [1.807, 2.05) is 44.2 Å². The minimum Gasteiger partial charge on any atom is -0.505 e. The van der Waals surface area contributed by atoms with Crippen molar-refractivity contribution in [3.63, 3.8) is 0 Å². The van der Waals surface area contributed by atoms with Crippen LogP contribution in [0.4, 0.5) is 17.2 Å². The van der Waals surface area contributed by atoms with Gasteiger partial charge in [-0.25, -0.2) is 9.97 Å². The fourth-order valence-electron chi connectivity index (χ4n) is 3.77. The van der Waals surface area contributed by atoms with Gasteiger partial charge < -0.3 is 10.4 Å². The molecule has 37 heavy (non-hydrogen) atoms. The van der Waals surface area contributed by atoms with Gasteiger partial charge in [-0.2, -0.15) is 15.0 Å². The summed E-state index contributed by atoms with van der Waals surface area (Å²) >= 11 is 0. The van der Waals surface area contributed by atoms with Gasteiger partial charge in [-0.15, -0.1) is 10.2 Å². The van der Waals surface area contributed by atoms with Crippen molar-refractivity contribution in [2.24, 2.45) is 10.2 Å². The number of azo groups is 1. The van der Waals surface area contributed by atoms with E-state index in [0.717, 1.165) is 11.1 Å². The van der Waals surface area contributed by atoms with Crippen molar-refractivity contribution in [2.45, 2.75) is 13.8 Å². The molecular formula is C27H20N8O2. The van der Waals surface area contributed by atoms with E-state index in [9.17, 15) is 15.2 Å². The van der Waals surface area contributed by atoms with Crippen molar-refractivity contribution in [2.75, 3.05) is 5.32 Å². The lowest BCUT2D eigenvalue weighted by atomic mass is 10.0. The Morgan fingerprint density at radius 3 is 2.57 bits per heavy atom. The molecule has 0 spiro atoms.